The van der Waals surface area contributed by atoms with Crippen LogP contribution in [-0.4, -0.2) is 34.5 Å². The van der Waals surface area contributed by atoms with Crippen LogP contribution in [0.25, 0.3) is 0 Å². The molecule has 0 saturated heterocycles. The number of nitrogens with one attached hydrogen (secondary N) is 3. The van der Waals surface area contributed by atoms with E-state index in [1.165, 1.54) is 6.33 Å². The number of benzene rings is 2. The number of nitrogens with zero attached hydrogens (tertiary/aromatic N) is 3. The van der Waals surface area contributed by atoms with Crippen molar-refractivity contribution in [2.24, 2.45) is 0 Å². The summed E-state index contributed by atoms with van der Waals surface area (Å²) in [4.78, 5) is 25.5. The Morgan fingerprint density at radius 3 is 2.08 bits per heavy atom. The Labute approximate surface area is 216 Å². The largest absolute Gasteiger partial charge is 0.340 e. The van der Waals surface area contributed by atoms with E-state index in [4.69, 9.17) is 0 Å². The van der Waals surface area contributed by atoms with Crippen LogP contribution in [0.5, 0.6) is 0 Å². The van der Waals surface area contributed by atoms with Crippen molar-refractivity contribution in [3.8, 4) is 0 Å². The van der Waals surface area contributed by atoms with Crippen molar-refractivity contribution in [1.29, 1.82) is 0 Å². The zero-order chi connectivity index (χ0) is 26.4. The number of hydrogen-bond acceptors (Lipinski definition) is 8. The molecule has 4 rings (SSSR count). The van der Waals surface area contributed by atoms with E-state index < -0.39 is 15.1 Å². The molecular formula is C27H28N6O3S. The topological polar surface area (TPSA) is 126 Å². The average Bonchev–Trinajstić information content (AvgIpc) is 2.86. The number of amides is 1. The van der Waals surface area contributed by atoms with Gasteiger partial charge in [-0.1, -0.05) is 12.1 Å². The minimum Gasteiger partial charge on any atom is -0.340 e. The number of sulfone groups is 1. The zero-order valence-corrected chi connectivity index (χ0v) is 21.6. The lowest BCUT2D eigenvalue weighted by atomic mass is 10.1. The smallest absolute Gasteiger partial charge is 0.228 e. The molecule has 0 aliphatic carbocycles. The lowest BCUT2D eigenvalue weighted by Crippen LogP contribution is -2.15. The molecule has 9 nitrogen and oxygen atoms in total. The van der Waals surface area contributed by atoms with Gasteiger partial charge in [-0.25, -0.2) is 23.4 Å². The van der Waals surface area contributed by atoms with Crippen LogP contribution in [0.2, 0.25) is 0 Å². The standard InChI is InChI=1S/C27H28N6O3S/c1-18(2)37(35,36)23-10-4-20(5-11-23)15-27(34)32-22-8-6-21(7-9-22)31-25-16-26(30-17-29-25)33-24-14-19(3)12-13-28-24/h4-14,16-18H,15H2,1-3H3,(H,32,34)(H2,28,29,30,31,33). The molecule has 2 aromatic carbocycles. The van der Waals surface area contributed by atoms with Gasteiger partial charge in [0.2, 0.25) is 5.91 Å². The molecule has 0 fully saturated rings. The van der Waals surface area contributed by atoms with Crippen molar-refractivity contribution < 1.29 is 13.2 Å². The minimum atomic E-state index is -3.34. The number of pyridine rings is 1. The minimum absolute atomic E-state index is 0.133. The normalized spacial score (nSPS) is 11.2. The molecule has 0 radical (unpaired) electrons. The van der Waals surface area contributed by atoms with E-state index in [0.29, 0.717) is 23.1 Å². The van der Waals surface area contributed by atoms with Gasteiger partial charge >= 0.3 is 0 Å². The molecule has 0 bridgehead atoms. The van der Waals surface area contributed by atoms with E-state index in [1.807, 2.05) is 31.2 Å². The van der Waals surface area contributed by atoms with Gasteiger partial charge in [-0.3, -0.25) is 4.79 Å². The summed E-state index contributed by atoms with van der Waals surface area (Å²) < 4.78 is 24.5. The molecule has 2 aromatic heterocycles. The van der Waals surface area contributed by atoms with Crippen LogP contribution >= 0.6 is 0 Å². The summed E-state index contributed by atoms with van der Waals surface area (Å²) in [5.41, 5.74) is 3.25. The van der Waals surface area contributed by atoms with Crippen LogP contribution in [0.4, 0.5) is 28.8 Å². The Morgan fingerprint density at radius 2 is 1.43 bits per heavy atom. The summed E-state index contributed by atoms with van der Waals surface area (Å²) in [5, 5.41) is 8.73. The monoisotopic (exact) mass is 516 g/mol. The Hall–Kier alpha value is -4.31. The quantitative estimate of drug-likeness (QED) is 0.283. The van der Waals surface area contributed by atoms with Crippen molar-refractivity contribution in [2.75, 3.05) is 16.0 Å². The molecule has 0 saturated carbocycles. The van der Waals surface area contributed by atoms with Crippen LogP contribution in [0, 0.1) is 6.92 Å². The summed E-state index contributed by atoms with van der Waals surface area (Å²) in [6, 6.07) is 19.3. The van der Waals surface area contributed by atoms with Gasteiger partial charge in [0, 0.05) is 23.6 Å². The van der Waals surface area contributed by atoms with Crippen molar-refractivity contribution in [3.63, 3.8) is 0 Å². The highest BCUT2D eigenvalue weighted by molar-refractivity contribution is 7.92. The van der Waals surface area contributed by atoms with Gasteiger partial charge in [0.1, 0.15) is 23.8 Å². The van der Waals surface area contributed by atoms with Gasteiger partial charge in [0.05, 0.1) is 16.6 Å². The number of rotatable bonds is 9. The first kappa shape index (κ1) is 25.8. The third-order valence-electron chi connectivity index (χ3n) is 5.52. The Kier molecular flexibility index (Phi) is 7.78. The second-order valence-corrected chi connectivity index (χ2v) is 11.3. The molecule has 10 heteroatoms. The second kappa shape index (κ2) is 11.2. The lowest BCUT2D eigenvalue weighted by Gasteiger charge is -2.10. The third-order valence-corrected chi connectivity index (χ3v) is 7.69. The Morgan fingerprint density at radius 1 is 0.811 bits per heavy atom. The highest BCUT2D eigenvalue weighted by Gasteiger charge is 2.18. The van der Waals surface area contributed by atoms with E-state index in [0.717, 1.165) is 16.8 Å². The van der Waals surface area contributed by atoms with Crippen molar-refractivity contribution >= 4 is 44.6 Å². The first-order chi connectivity index (χ1) is 17.7. The molecule has 0 atom stereocenters. The summed E-state index contributed by atoms with van der Waals surface area (Å²) in [6.07, 6.45) is 3.32. The summed E-state index contributed by atoms with van der Waals surface area (Å²) >= 11 is 0. The van der Waals surface area contributed by atoms with Gasteiger partial charge < -0.3 is 16.0 Å². The van der Waals surface area contributed by atoms with E-state index in [1.54, 1.807) is 62.5 Å². The van der Waals surface area contributed by atoms with E-state index in [9.17, 15) is 13.2 Å². The summed E-state index contributed by atoms with van der Waals surface area (Å²) in [5.74, 6) is 1.71. The zero-order valence-electron chi connectivity index (χ0n) is 20.8. The fourth-order valence-electron chi connectivity index (χ4n) is 3.47. The highest BCUT2D eigenvalue weighted by atomic mass is 32.2. The van der Waals surface area contributed by atoms with Gasteiger partial charge in [0.25, 0.3) is 0 Å². The molecule has 2 heterocycles. The van der Waals surface area contributed by atoms with E-state index >= 15 is 0 Å². The van der Waals surface area contributed by atoms with Gasteiger partial charge in [-0.15, -0.1) is 0 Å². The third kappa shape index (κ3) is 6.89. The van der Waals surface area contributed by atoms with Gasteiger partial charge in [-0.05, 0) is 80.4 Å². The number of anilines is 5. The molecule has 0 aliphatic heterocycles. The average molecular weight is 517 g/mol. The Balaban J connectivity index is 1.33. The maximum Gasteiger partial charge on any atom is 0.228 e. The maximum absolute atomic E-state index is 12.5. The number of carbonyl (C=O) groups is 1. The summed E-state index contributed by atoms with van der Waals surface area (Å²) in [7, 11) is -3.34. The van der Waals surface area contributed by atoms with Crippen LogP contribution < -0.4 is 16.0 Å². The number of hydrogen-bond donors (Lipinski definition) is 3. The lowest BCUT2D eigenvalue weighted by molar-refractivity contribution is -0.115. The van der Waals surface area contributed by atoms with Crippen LogP contribution in [0.1, 0.15) is 25.0 Å². The van der Waals surface area contributed by atoms with Crippen molar-refractivity contribution in [3.05, 3.63) is 90.4 Å². The van der Waals surface area contributed by atoms with Crippen molar-refractivity contribution in [2.45, 2.75) is 37.3 Å². The molecule has 0 aliphatic rings. The number of aryl methyl sites for hydroxylation is 1. The molecular weight excluding hydrogens is 488 g/mol. The molecule has 37 heavy (non-hydrogen) atoms. The molecule has 1 amide bonds. The SMILES string of the molecule is Cc1ccnc(Nc2cc(Nc3ccc(NC(=O)Cc4ccc(S(=O)(=O)C(C)C)cc4)cc3)ncn2)c1. The molecule has 0 spiro atoms. The molecule has 190 valence electrons. The fraction of sp³-hybridized carbons (Fsp3) is 0.185. The molecule has 4 aromatic rings. The number of aromatic nitrogens is 3. The van der Waals surface area contributed by atoms with Crippen molar-refractivity contribution in [1.82, 2.24) is 15.0 Å². The number of carbonyl (C=O) groups excluding carboxylic acids is 1. The van der Waals surface area contributed by atoms with Gasteiger partial charge in [0.15, 0.2) is 9.84 Å². The van der Waals surface area contributed by atoms with Crippen LogP contribution in [0.15, 0.2) is 84.1 Å². The fourth-order valence-corrected chi connectivity index (χ4v) is 4.53. The molecule has 3 N–H and O–H groups in total. The molecule has 0 unspecified atom stereocenters. The predicted octanol–water partition coefficient (Wildman–Crippen LogP) is 5.03. The van der Waals surface area contributed by atoms with Crippen LogP contribution in [0.3, 0.4) is 0 Å². The maximum atomic E-state index is 12.5. The van der Waals surface area contributed by atoms with E-state index in [-0.39, 0.29) is 17.2 Å². The first-order valence-electron chi connectivity index (χ1n) is 11.7. The predicted molar refractivity (Wildman–Crippen MR) is 145 cm³/mol. The summed E-state index contributed by atoms with van der Waals surface area (Å²) in [6.45, 7) is 5.28. The van der Waals surface area contributed by atoms with Crippen LogP contribution in [-0.2, 0) is 21.1 Å². The Bertz CT molecular complexity index is 1490. The van der Waals surface area contributed by atoms with E-state index in [2.05, 4.69) is 30.9 Å². The van der Waals surface area contributed by atoms with Gasteiger partial charge in [-0.2, -0.15) is 0 Å². The highest BCUT2D eigenvalue weighted by Crippen LogP contribution is 2.21. The second-order valence-electron chi connectivity index (χ2n) is 8.80. The first-order valence-corrected chi connectivity index (χ1v) is 13.3.